The number of aromatic amines is 1. The summed E-state index contributed by atoms with van der Waals surface area (Å²) in [5.41, 5.74) is 1.42. The van der Waals surface area contributed by atoms with Gasteiger partial charge >= 0.3 is 0 Å². The number of nitrogens with zero attached hydrogens (tertiary/aromatic N) is 2. The lowest BCUT2D eigenvalue weighted by atomic mass is 10.1. The van der Waals surface area contributed by atoms with E-state index in [-0.39, 0.29) is 17.8 Å². The maximum atomic E-state index is 13.5. The normalized spacial score (nSPS) is 12.3. The molecule has 136 valence electrons. The first-order valence-electron chi connectivity index (χ1n) is 8.26. The van der Waals surface area contributed by atoms with Crippen LogP contribution in [-0.2, 0) is 0 Å². The van der Waals surface area contributed by atoms with Crippen molar-refractivity contribution in [3.8, 4) is 11.3 Å². The van der Waals surface area contributed by atoms with E-state index >= 15 is 0 Å². The van der Waals surface area contributed by atoms with Crippen molar-refractivity contribution in [2.45, 2.75) is 13.0 Å². The number of halogens is 1. The van der Waals surface area contributed by atoms with Crippen LogP contribution in [0.4, 0.5) is 4.39 Å². The van der Waals surface area contributed by atoms with E-state index < -0.39 is 0 Å². The molecule has 0 saturated carbocycles. The van der Waals surface area contributed by atoms with Crippen LogP contribution in [0.3, 0.4) is 0 Å². The molecule has 2 N–H and O–H groups in total. The zero-order valence-electron chi connectivity index (χ0n) is 14.9. The van der Waals surface area contributed by atoms with Crippen molar-refractivity contribution in [2.75, 3.05) is 20.6 Å². The van der Waals surface area contributed by atoms with Gasteiger partial charge in [-0.2, -0.15) is 5.10 Å². The van der Waals surface area contributed by atoms with Gasteiger partial charge in [0.15, 0.2) is 0 Å². The Morgan fingerprint density at radius 2 is 2.15 bits per heavy atom. The Kier molecular flexibility index (Phi) is 5.18. The van der Waals surface area contributed by atoms with Crippen LogP contribution in [0.1, 0.15) is 27.9 Å². The van der Waals surface area contributed by atoms with Crippen molar-refractivity contribution >= 4 is 5.91 Å². The van der Waals surface area contributed by atoms with Gasteiger partial charge in [-0.25, -0.2) is 4.39 Å². The Morgan fingerprint density at radius 1 is 1.35 bits per heavy atom. The summed E-state index contributed by atoms with van der Waals surface area (Å²) in [6, 6.07) is 9.73. The fourth-order valence-corrected chi connectivity index (χ4v) is 2.78. The average Bonchev–Trinajstić information content (AvgIpc) is 3.24. The molecule has 0 saturated heterocycles. The van der Waals surface area contributed by atoms with Crippen molar-refractivity contribution in [3.05, 3.63) is 65.5 Å². The SMILES string of the molecule is Cc1ccc([C@H](CNC(=O)c2cn[nH]c2-c2cccc(F)c2)N(C)C)o1. The van der Waals surface area contributed by atoms with E-state index in [4.69, 9.17) is 4.42 Å². The van der Waals surface area contributed by atoms with E-state index in [1.165, 1.54) is 18.3 Å². The molecule has 1 amide bonds. The molecule has 2 aromatic heterocycles. The number of aromatic nitrogens is 2. The van der Waals surface area contributed by atoms with E-state index in [0.717, 1.165) is 11.5 Å². The highest BCUT2D eigenvalue weighted by molar-refractivity contribution is 5.99. The summed E-state index contributed by atoms with van der Waals surface area (Å²) in [5.74, 6) is 0.948. The summed E-state index contributed by atoms with van der Waals surface area (Å²) in [5, 5.41) is 9.61. The standard InChI is InChI=1S/C19H21FN4O2/c1-12-7-8-17(26-12)16(24(2)3)11-21-19(25)15-10-22-23-18(15)13-5-4-6-14(20)9-13/h4-10,16H,11H2,1-3H3,(H,21,25)(H,22,23)/t16-/m0/s1. The summed E-state index contributed by atoms with van der Waals surface area (Å²) < 4.78 is 19.2. The van der Waals surface area contributed by atoms with Crippen molar-refractivity contribution < 1.29 is 13.6 Å². The van der Waals surface area contributed by atoms with Crippen LogP contribution in [0.15, 0.2) is 47.0 Å². The maximum Gasteiger partial charge on any atom is 0.255 e. The number of carbonyl (C=O) groups excluding carboxylic acids is 1. The van der Waals surface area contributed by atoms with Crippen molar-refractivity contribution in [1.29, 1.82) is 0 Å². The van der Waals surface area contributed by atoms with Crippen molar-refractivity contribution in [1.82, 2.24) is 20.4 Å². The molecule has 0 aliphatic carbocycles. The third kappa shape index (κ3) is 3.83. The zero-order valence-corrected chi connectivity index (χ0v) is 14.9. The molecular weight excluding hydrogens is 335 g/mol. The summed E-state index contributed by atoms with van der Waals surface area (Å²) in [7, 11) is 3.84. The van der Waals surface area contributed by atoms with Crippen molar-refractivity contribution in [2.24, 2.45) is 0 Å². The molecule has 0 fully saturated rings. The lowest BCUT2D eigenvalue weighted by molar-refractivity contribution is 0.0939. The molecule has 3 rings (SSSR count). The molecule has 0 bridgehead atoms. The Hall–Kier alpha value is -2.93. The van der Waals surface area contributed by atoms with Gasteiger partial charge in [0.25, 0.3) is 5.91 Å². The minimum atomic E-state index is -0.371. The number of aryl methyl sites for hydroxylation is 1. The molecule has 6 nitrogen and oxygen atoms in total. The molecule has 0 radical (unpaired) electrons. The van der Waals surface area contributed by atoms with Gasteiger partial charge in [0, 0.05) is 12.1 Å². The average molecular weight is 356 g/mol. The molecule has 0 spiro atoms. The largest absolute Gasteiger partial charge is 0.465 e. The quantitative estimate of drug-likeness (QED) is 0.712. The first-order chi connectivity index (χ1) is 12.5. The van der Waals surface area contributed by atoms with Crippen LogP contribution in [0.25, 0.3) is 11.3 Å². The first kappa shape index (κ1) is 17.9. The summed E-state index contributed by atoms with van der Waals surface area (Å²) >= 11 is 0. The molecule has 3 aromatic rings. The molecule has 2 heterocycles. The highest BCUT2D eigenvalue weighted by Crippen LogP contribution is 2.23. The van der Waals surface area contributed by atoms with Crippen LogP contribution in [-0.4, -0.2) is 41.6 Å². The fourth-order valence-electron chi connectivity index (χ4n) is 2.78. The smallest absolute Gasteiger partial charge is 0.255 e. The molecule has 1 aromatic carbocycles. The molecule has 0 unspecified atom stereocenters. The number of benzene rings is 1. The number of furan rings is 1. The van der Waals surface area contributed by atoms with Gasteiger partial charge in [-0.05, 0) is 45.3 Å². The predicted octanol–water partition coefficient (Wildman–Crippen LogP) is 3.15. The maximum absolute atomic E-state index is 13.5. The summed E-state index contributed by atoms with van der Waals surface area (Å²) in [6.07, 6.45) is 1.44. The van der Waals surface area contributed by atoms with Gasteiger partial charge < -0.3 is 9.73 Å². The third-order valence-electron chi connectivity index (χ3n) is 4.17. The monoisotopic (exact) mass is 356 g/mol. The van der Waals surface area contributed by atoms with Crippen LogP contribution >= 0.6 is 0 Å². The Labute approximate surface area is 151 Å². The number of H-pyrrole nitrogens is 1. The topological polar surface area (TPSA) is 74.2 Å². The van der Waals surface area contributed by atoms with E-state index in [9.17, 15) is 9.18 Å². The molecule has 7 heteroatoms. The number of carbonyl (C=O) groups is 1. The van der Waals surface area contributed by atoms with Gasteiger partial charge in [-0.15, -0.1) is 0 Å². The highest BCUT2D eigenvalue weighted by atomic mass is 19.1. The van der Waals surface area contributed by atoms with Gasteiger partial charge in [0.05, 0.1) is 23.5 Å². The summed E-state index contributed by atoms with van der Waals surface area (Å²) in [4.78, 5) is 14.6. The minimum Gasteiger partial charge on any atom is -0.465 e. The van der Waals surface area contributed by atoms with Gasteiger partial charge in [0.1, 0.15) is 17.3 Å². The van der Waals surface area contributed by atoms with Crippen LogP contribution in [0.2, 0.25) is 0 Å². The molecule has 0 aliphatic rings. The summed E-state index contributed by atoms with van der Waals surface area (Å²) in [6.45, 7) is 2.25. The number of nitrogens with one attached hydrogen (secondary N) is 2. The number of amides is 1. The van der Waals surface area contributed by atoms with Gasteiger partial charge in [0.2, 0.25) is 0 Å². The Morgan fingerprint density at radius 3 is 2.81 bits per heavy atom. The molecule has 26 heavy (non-hydrogen) atoms. The highest BCUT2D eigenvalue weighted by Gasteiger charge is 2.21. The Bertz CT molecular complexity index is 900. The first-order valence-corrected chi connectivity index (χ1v) is 8.26. The predicted molar refractivity (Wildman–Crippen MR) is 96.2 cm³/mol. The van der Waals surface area contributed by atoms with Gasteiger partial charge in [-0.3, -0.25) is 14.8 Å². The van der Waals surface area contributed by atoms with Gasteiger partial charge in [-0.1, -0.05) is 12.1 Å². The lowest BCUT2D eigenvalue weighted by Crippen LogP contribution is -2.34. The third-order valence-corrected chi connectivity index (χ3v) is 4.17. The zero-order chi connectivity index (χ0) is 18.7. The lowest BCUT2D eigenvalue weighted by Gasteiger charge is -2.22. The second-order valence-electron chi connectivity index (χ2n) is 6.31. The van der Waals surface area contributed by atoms with Crippen molar-refractivity contribution in [3.63, 3.8) is 0 Å². The molecular formula is C19H21FN4O2. The minimum absolute atomic E-state index is 0.0998. The number of likely N-dealkylation sites (N-methyl/N-ethyl adjacent to an activating group) is 1. The number of hydrogen-bond acceptors (Lipinski definition) is 4. The fraction of sp³-hybridized carbons (Fsp3) is 0.263. The number of hydrogen-bond donors (Lipinski definition) is 2. The molecule has 1 atom stereocenters. The Balaban J connectivity index is 1.75. The van der Waals surface area contributed by atoms with Crippen LogP contribution in [0.5, 0.6) is 0 Å². The van der Waals surface area contributed by atoms with Crippen LogP contribution < -0.4 is 5.32 Å². The second kappa shape index (κ2) is 7.53. The molecule has 0 aliphatic heterocycles. The van der Waals surface area contributed by atoms with Crippen LogP contribution in [0, 0.1) is 12.7 Å². The van der Waals surface area contributed by atoms with E-state index in [1.54, 1.807) is 12.1 Å². The second-order valence-corrected chi connectivity index (χ2v) is 6.31. The number of rotatable bonds is 6. The van der Waals surface area contributed by atoms with E-state index in [2.05, 4.69) is 15.5 Å². The van der Waals surface area contributed by atoms with E-state index in [0.29, 0.717) is 23.4 Å². The van der Waals surface area contributed by atoms with E-state index in [1.807, 2.05) is 38.1 Å².